The van der Waals surface area contributed by atoms with Crippen LogP contribution in [0.3, 0.4) is 0 Å². The number of esters is 1. The maximum absolute atomic E-state index is 13.5. The number of carbonyl (C=O) groups excluding carboxylic acids is 2. The quantitative estimate of drug-likeness (QED) is 0.182. The van der Waals surface area contributed by atoms with Crippen molar-refractivity contribution in [3.63, 3.8) is 0 Å². The molecule has 0 heterocycles. The molecule has 30 heavy (non-hydrogen) atoms. The van der Waals surface area contributed by atoms with Crippen LogP contribution in [0.25, 0.3) is 11.1 Å². The number of nitrogens with one attached hydrogen (secondary N) is 1. The van der Waals surface area contributed by atoms with Crippen molar-refractivity contribution in [1.82, 2.24) is 5.32 Å². The van der Waals surface area contributed by atoms with E-state index >= 15 is 0 Å². The summed E-state index contributed by atoms with van der Waals surface area (Å²) in [4.78, 5) is 25.8. The van der Waals surface area contributed by atoms with Gasteiger partial charge in [0.05, 0.1) is 12.4 Å². The molecule has 0 spiro atoms. The first-order chi connectivity index (χ1) is 14.4. The van der Waals surface area contributed by atoms with Gasteiger partial charge in [-0.3, -0.25) is 9.59 Å². The molecule has 8 heteroatoms. The summed E-state index contributed by atoms with van der Waals surface area (Å²) in [5.41, 5.74) is 14.8. The SMILES string of the molecule is COC(=O)[C@@H](CC(SC)C(=O)c1cccc(N)c1-c1ccccc1)NCC(N)CS. The third-order valence-corrected chi connectivity index (χ3v) is 6.24. The highest BCUT2D eigenvalue weighted by Crippen LogP contribution is 2.32. The summed E-state index contributed by atoms with van der Waals surface area (Å²) in [6, 6.07) is 14.1. The van der Waals surface area contributed by atoms with Crippen molar-refractivity contribution in [3.8, 4) is 11.1 Å². The second-order valence-electron chi connectivity index (χ2n) is 6.89. The number of benzene rings is 2. The van der Waals surface area contributed by atoms with E-state index in [1.807, 2.05) is 36.6 Å². The standard InChI is InChI=1S/C22H29N3O3S2/c1-28-22(27)18(25-12-15(23)13-29)11-19(30-2)21(26)16-9-6-10-17(24)20(16)14-7-4-3-5-8-14/h3-10,15,18-19,25,29H,11-13,23-24H2,1-2H3/t15?,18-,19?/m1/s1. The van der Waals surface area contributed by atoms with Gasteiger partial charge in [-0.1, -0.05) is 42.5 Å². The number of ketones is 1. The number of anilines is 1. The minimum absolute atomic E-state index is 0.0807. The number of hydrogen-bond acceptors (Lipinski definition) is 8. The van der Waals surface area contributed by atoms with Gasteiger partial charge < -0.3 is 21.5 Å². The summed E-state index contributed by atoms with van der Waals surface area (Å²) in [5.74, 6) is -0.0258. The van der Waals surface area contributed by atoms with Gasteiger partial charge in [0.15, 0.2) is 5.78 Å². The van der Waals surface area contributed by atoms with E-state index in [9.17, 15) is 9.59 Å². The van der Waals surface area contributed by atoms with Gasteiger partial charge in [-0.2, -0.15) is 24.4 Å². The van der Waals surface area contributed by atoms with Gasteiger partial charge in [-0.15, -0.1) is 0 Å². The van der Waals surface area contributed by atoms with Gasteiger partial charge in [-0.05, 0) is 24.3 Å². The van der Waals surface area contributed by atoms with E-state index in [1.54, 1.807) is 18.2 Å². The van der Waals surface area contributed by atoms with Crippen LogP contribution in [0.2, 0.25) is 0 Å². The number of carbonyl (C=O) groups is 2. The maximum atomic E-state index is 13.5. The molecule has 0 saturated heterocycles. The van der Waals surface area contributed by atoms with Crippen molar-refractivity contribution < 1.29 is 14.3 Å². The number of Topliss-reactive ketones (excluding diaryl/α,β-unsaturated/α-hetero) is 1. The molecule has 0 aliphatic heterocycles. The lowest BCUT2D eigenvalue weighted by molar-refractivity contribution is -0.143. The number of thiol groups is 1. The van der Waals surface area contributed by atoms with Crippen LogP contribution in [0, 0.1) is 0 Å². The Bertz CT molecular complexity index is 849. The average molecular weight is 448 g/mol. The summed E-state index contributed by atoms with van der Waals surface area (Å²) in [6.45, 7) is 0.395. The zero-order valence-electron chi connectivity index (χ0n) is 17.2. The highest BCUT2D eigenvalue weighted by molar-refractivity contribution is 8.00. The predicted molar refractivity (Wildman–Crippen MR) is 128 cm³/mol. The lowest BCUT2D eigenvalue weighted by Crippen LogP contribution is -2.46. The molecule has 3 atom stereocenters. The number of nitrogen functional groups attached to an aromatic ring is 1. The monoisotopic (exact) mass is 447 g/mol. The van der Waals surface area contributed by atoms with Gasteiger partial charge in [-0.25, -0.2) is 0 Å². The lowest BCUT2D eigenvalue weighted by atomic mass is 9.92. The fraction of sp³-hybridized carbons (Fsp3) is 0.364. The van der Waals surface area contributed by atoms with Crippen molar-refractivity contribution in [2.45, 2.75) is 23.8 Å². The average Bonchev–Trinajstić information content (AvgIpc) is 2.78. The molecule has 0 aliphatic carbocycles. The van der Waals surface area contributed by atoms with Gasteiger partial charge in [0.25, 0.3) is 0 Å². The third-order valence-electron chi connectivity index (χ3n) is 4.80. The smallest absolute Gasteiger partial charge is 0.322 e. The topological polar surface area (TPSA) is 107 Å². The minimum atomic E-state index is -0.649. The Kier molecular flexibility index (Phi) is 9.71. The van der Waals surface area contributed by atoms with Crippen LogP contribution in [0.15, 0.2) is 48.5 Å². The molecule has 2 aromatic rings. The Morgan fingerprint density at radius 2 is 1.87 bits per heavy atom. The molecule has 0 bridgehead atoms. The zero-order valence-corrected chi connectivity index (χ0v) is 18.9. The summed E-state index contributed by atoms with van der Waals surface area (Å²) in [6.07, 6.45) is 2.12. The number of ether oxygens (including phenoxy) is 1. The first-order valence-electron chi connectivity index (χ1n) is 9.61. The molecule has 0 saturated carbocycles. The summed E-state index contributed by atoms with van der Waals surface area (Å²) >= 11 is 5.56. The Balaban J connectivity index is 2.31. The third kappa shape index (κ3) is 6.25. The normalized spacial score (nSPS) is 14.0. The van der Waals surface area contributed by atoms with Gasteiger partial charge in [0.2, 0.25) is 0 Å². The van der Waals surface area contributed by atoms with E-state index in [4.69, 9.17) is 16.2 Å². The second kappa shape index (κ2) is 12.0. The predicted octanol–water partition coefficient (Wildman–Crippen LogP) is 2.63. The van der Waals surface area contributed by atoms with Crippen LogP contribution < -0.4 is 16.8 Å². The highest BCUT2D eigenvalue weighted by atomic mass is 32.2. The second-order valence-corrected chi connectivity index (χ2v) is 8.29. The van der Waals surface area contributed by atoms with E-state index in [1.165, 1.54) is 18.9 Å². The number of thioether (sulfide) groups is 1. The first kappa shape index (κ1) is 24.3. The molecule has 6 nitrogen and oxygen atoms in total. The van der Waals surface area contributed by atoms with Crippen LogP contribution in [-0.4, -0.2) is 54.7 Å². The molecular weight excluding hydrogens is 418 g/mol. The van der Waals surface area contributed by atoms with Crippen LogP contribution in [0.1, 0.15) is 16.8 Å². The van der Waals surface area contributed by atoms with Gasteiger partial charge >= 0.3 is 5.97 Å². The molecule has 5 N–H and O–H groups in total. The van der Waals surface area contributed by atoms with Crippen molar-refractivity contribution in [3.05, 3.63) is 54.1 Å². The highest BCUT2D eigenvalue weighted by Gasteiger charge is 2.30. The van der Waals surface area contributed by atoms with E-state index in [2.05, 4.69) is 17.9 Å². The molecule has 2 rings (SSSR count). The molecular formula is C22H29N3O3S2. The molecule has 0 aliphatic rings. The fourth-order valence-electron chi connectivity index (χ4n) is 3.16. The maximum Gasteiger partial charge on any atom is 0.322 e. The largest absolute Gasteiger partial charge is 0.468 e. The Labute approximate surface area is 187 Å². The molecule has 162 valence electrons. The van der Waals surface area contributed by atoms with Gasteiger partial charge in [0, 0.05) is 35.2 Å². The van der Waals surface area contributed by atoms with E-state index < -0.39 is 17.3 Å². The van der Waals surface area contributed by atoms with E-state index in [-0.39, 0.29) is 18.2 Å². The Hall–Kier alpha value is -2.00. The minimum Gasteiger partial charge on any atom is -0.468 e. The van der Waals surface area contributed by atoms with Crippen molar-refractivity contribution in [2.75, 3.05) is 31.4 Å². The van der Waals surface area contributed by atoms with Gasteiger partial charge in [0.1, 0.15) is 6.04 Å². The van der Waals surface area contributed by atoms with Crippen molar-refractivity contribution in [1.29, 1.82) is 0 Å². The van der Waals surface area contributed by atoms with E-state index in [0.717, 1.165) is 5.56 Å². The number of nitrogens with two attached hydrogens (primary N) is 2. The Morgan fingerprint density at radius 3 is 2.47 bits per heavy atom. The van der Waals surface area contributed by atoms with Crippen molar-refractivity contribution in [2.24, 2.45) is 5.73 Å². The molecule has 0 radical (unpaired) electrons. The van der Waals surface area contributed by atoms with E-state index in [0.29, 0.717) is 29.1 Å². The van der Waals surface area contributed by atoms with Crippen molar-refractivity contribution >= 4 is 41.8 Å². The number of methoxy groups -OCH3 is 1. The summed E-state index contributed by atoms with van der Waals surface area (Å²) < 4.78 is 4.92. The number of hydrogen-bond donors (Lipinski definition) is 4. The molecule has 0 fully saturated rings. The lowest BCUT2D eigenvalue weighted by Gasteiger charge is -2.23. The summed E-state index contributed by atoms with van der Waals surface area (Å²) in [7, 11) is 1.33. The van der Waals surface area contributed by atoms with Crippen LogP contribution in [0.5, 0.6) is 0 Å². The Morgan fingerprint density at radius 1 is 1.17 bits per heavy atom. The number of rotatable bonds is 11. The molecule has 2 aromatic carbocycles. The van der Waals surface area contributed by atoms with Crippen LogP contribution >= 0.6 is 24.4 Å². The molecule has 2 unspecified atom stereocenters. The fourth-order valence-corrected chi connectivity index (χ4v) is 4.02. The molecule has 0 amide bonds. The summed E-state index contributed by atoms with van der Waals surface area (Å²) in [5, 5.41) is 2.65. The zero-order chi connectivity index (χ0) is 22.1. The van der Waals surface area contributed by atoms with Crippen LogP contribution in [0.4, 0.5) is 5.69 Å². The first-order valence-corrected chi connectivity index (χ1v) is 11.5. The molecule has 0 aromatic heterocycles. The van der Waals surface area contributed by atoms with Crippen LogP contribution in [-0.2, 0) is 9.53 Å².